The topological polar surface area (TPSA) is 68.9 Å². The molecule has 2 N–H and O–H groups in total. The van der Waals surface area contributed by atoms with Gasteiger partial charge in [-0.1, -0.05) is 6.07 Å². The van der Waals surface area contributed by atoms with Gasteiger partial charge in [0.1, 0.15) is 5.69 Å². The van der Waals surface area contributed by atoms with Gasteiger partial charge in [0.15, 0.2) is 0 Å². The lowest BCUT2D eigenvalue weighted by molar-refractivity contribution is 0.0995. The Hall–Kier alpha value is -2.23. The summed E-state index contributed by atoms with van der Waals surface area (Å²) in [6.07, 6.45) is 3.30. The lowest BCUT2D eigenvalue weighted by Crippen LogP contribution is -2.12. The zero-order chi connectivity index (χ0) is 11.5. The van der Waals surface area contributed by atoms with Crippen molar-refractivity contribution in [1.82, 2.24) is 9.97 Å². The summed E-state index contributed by atoms with van der Waals surface area (Å²) in [4.78, 5) is 19.1. The van der Waals surface area contributed by atoms with Gasteiger partial charge in [-0.2, -0.15) is 0 Å². The molecule has 0 atom stereocenters. The molecule has 0 aliphatic heterocycles. The molecule has 2 aromatic heterocycles. The Bertz CT molecular complexity index is 537. The number of hydrogen-bond donors (Lipinski definition) is 1. The van der Waals surface area contributed by atoms with Crippen LogP contribution in [0.5, 0.6) is 0 Å². The summed E-state index contributed by atoms with van der Waals surface area (Å²) < 4.78 is 0. The largest absolute Gasteiger partial charge is 0.364 e. The average molecular weight is 213 g/mol. The smallest absolute Gasteiger partial charge is 0.267 e. The van der Waals surface area contributed by atoms with E-state index in [0.29, 0.717) is 0 Å². The van der Waals surface area contributed by atoms with Crippen molar-refractivity contribution in [3.05, 3.63) is 48.0 Å². The van der Waals surface area contributed by atoms with Crippen LogP contribution >= 0.6 is 0 Å². The molecule has 80 valence electrons. The van der Waals surface area contributed by atoms with Gasteiger partial charge in [-0.05, 0) is 30.7 Å². The Balaban J connectivity index is 2.53. The van der Waals surface area contributed by atoms with E-state index in [4.69, 9.17) is 5.73 Å². The number of rotatable bonds is 2. The average Bonchev–Trinajstić information content (AvgIpc) is 2.30. The van der Waals surface area contributed by atoms with Gasteiger partial charge >= 0.3 is 0 Å². The van der Waals surface area contributed by atoms with Gasteiger partial charge in [0, 0.05) is 23.7 Å². The van der Waals surface area contributed by atoms with E-state index in [1.807, 2.05) is 25.1 Å². The van der Waals surface area contributed by atoms with E-state index in [0.717, 1.165) is 16.8 Å². The Labute approximate surface area is 93.2 Å². The number of hydrogen-bond acceptors (Lipinski definition) is 3. The summed E-state index contributed by atoms with van der Waals surface area (Å²) in [6.45, 7) is 1.92. The highest BCUT2D eigenvalue weighted by molar-refractivity contribution is 5.92. The molecule has 4 nitrogen and oxygen atoms in total. The second-order valence-electron chi connectivity index (χ2n) is 3.43. The SMILES string of the molecule is Cc1ncccc1-c1ccnc(C(N)=O)c1. The van der Waals surface area contributed by atoms with Gasteiger partial charge in [0.25, 0.3) is 5.91 Å². The van der Waals surface area contributed by atoms with Gasteiger partial charge in [0.05, 0.1) is 0 Å². The standard InChI is InChI=1S/C12H11N3O/c1-8-10(3-2-5-14-8)9-4-6-15-11(7-9)12(13)16/h2-7H,1H3,(H2,13,16). The van der Waals surface area contributed by atoms with Gasteiger partial charge in [-0.25, -0.2) is 0 Å². The molecule has 0 bridgehead atoms. The molecule has 0 saturated heterocycles. The summed E-state index contributed by atoms with van der Waals surface area (Å²) in [7, 11) is 0. The van der Waals surface area contributed by atoms with E-state index in [9.17, 15) is 4.79 Å². The fraction of sp³-hybridized carbons (Fsp3) is 0.0833. The third-order valence-electron chi connectivity index (χ3n) is 2.33. The minimum Gasteiger partial charge on any atom is -0.364 e. The van der Waals surface area contributed by atoms with Crippen molar-refractivity contribution >= 4 is 5.91 Å². The summed E-state index contributed by atoms with van der Waals surface area (Å²) in [5, 5.41) is 0. The first-order chi connectivity index (χ1) is 7.68. The Morgan fingerprint density at radius 2 is 2.06 bits per heavy atom. The second-order valence-corrected chi connectivity index (χ2v) is 3.43. The van der Waals surface area contributed by atoms with Gasteiger partial charge in [-0.3, -0.25) is 14.8 Å². The van der Waals surface area contributed by atoms with Crippen molar-refractivity contribution in [2.75, 3.05) is 0 Å². The fourth-order valence-electron chi connectivity index (χ4n) is 1.52. The van der Waals surface area contributed by atoms with E-state index >= 15 is 0 Å². The Kier molecular flexibility index (Phi) is 2.64. The summed E-state index contributed by atoms with van der Waals surface area (Å²) in [5.74, 6) is -0.525. The maximum Gasteiger partial charge on any atom is 0.267 e. The minimum atomic E-state index is -0.525. The monoisotopic (exact) mass is 213 g/mol. The van der Waals surface area contributed by atoms with Crippen molar-refractivity contribution < 1.29 is 4.79 Å². The molecule has 2 heterocycles. The number of nitrogens with two attached hydrogens (primary N) is 1. The van der Waals surface area contributed by atoms with Crippen LogP contribution in [0.3, 0.4) is 0 Å². The maximum absolute atomic E-state index is 11.0. The number of aromatic nitrogens is 2. The number of aryl methyl sites for hydroxylation is 1. The second kappa shape index (κ2) is 4.10. The summed E-state index contributed by atoms with van der Waals surface area (Å²) in [6, 6.07) is 7.30. The van der Waals surface area contributed by atoms with Crippen LogP contribution in [0.2, 0.25) is 0 Å². The third-order valence-corrected chi connectivity index (χ3v) is 2.33. The van der Waals surface area contributed by atoms with Gasteiger partial charge < -0.3 is 5.73 Å². The fourth-order valence-corrected chi connectivity index (χ4v) is 1.52. The van der Waals surface area contributed by atoms with E-state index in [1.54, 1.807) is 18.5 Å². The Morgan fingerprint density at radius 1 is 1.25 bits per heavy atom. The van der Waals surface area contributed by atoms with Crippen LogP contribution in [0.4, 0.5) is 0 Å². The van der Waals surface area contributed by atoms with Crippen molar-refractivity contribution in [3.63, 3.8) is 0 Å². The third kappa shape index (κ3) is 1.91. The van der Waals surface area contributed by atoms with Gasteiger partial charge in [0.2, 0.25) is 0 Å². The molecule has 2 aromatic rings. The van der Waals surface area contributed by atoms with Crippen molar-refractivity contribution in [3.8, 4) is 11.1 Å². The summed E-state index contributed by atoms with van der Waals surface area (Å²) >= 11 is 0. The van der Waals surface area contributed by atoms with E-state index in [1.165, 1.54) is 0 Å². The molecule has 0 aliphatic carbocycles. The van der Waals surface area contributed by atoms with E-state index in [2.05, 4.69) is 9.97 Å². The lowest BCUT2D eigenvalue weighted by Gasteiger charge is -2.05. The van der Waals surface area contributed by atoms with Gasteiger partial charge in [-0.15, -0.1) is 0 Å². The number of carbonyl (C=O) groups excluding carboxylic acids is 1. The Morgan fingerprint density at radius 3 is 2.75 bits per heavy atom. The molecule has 0 fully saturated rings. The van der Waals surface area contributed by atoms with Crippen LogP contribution in [0, 0.1) is 6.92 Å². The van der Waals surface area contributed by atoms with E-state index < -0.39 is 5.91 Å². The van der Waals surface area contributed by atoms with Crippen LogP contribution in [0.15, 0.2) is 36.7 Å². The first kappa shape index (κ1) is 10.3. The van der Waals surface area contributed by atoms with Crippen molar-refractivity contribution in [2.45, 2.75) is 6.92 Å². The highest BCUT2D eigenvalue weighted by Gasteiger charge is 2.06. The van der Waals surface area contributed by atoms with Crippen LogP contribution in [-0.2, 0) is 0 Å². The molecule has 0 unspecified atom stereocenters. The first-order valence-corrected chi connectivity index (χ1v) is 4.86. The highest BCUT2D eigenvalue weighted by atomic mass is 16.1. The molecule has 0 radical (unpaired) electrons. The molecule has 0 aromatic carbocycles. The molecule has 2 rings (SSSR count). The molecule has 16 heavy (non-hydrogen) atoms. The number of nitrogens with zero attached hydrogens (tertiary/aromatic N) is 2. The molecule has 4 heteroatoms. The molecule has 0 saturated carbocycles. The normalized spacial score (nSPS) is 10.1. The van der Waals surface area contributed by atoms with Crippen molar-refractivity contribution in [2.24, 2.45) is 5.73 Å². The zero-order valence-electron chi connectivity index (χ0n) is 8.84. The van der Waals surface area contributed by atoms with Crippen LogP contribution in [0.1, 0.15) is 16.2 Å². The predicted molar refractivity (Wildman–Crippen MR) is 60.7 cm³/mol. The predicted octanol–water partition coefficient (Wildman–Crippen LogP) is 1.55. The first-order valence-electron chi connectivity index (χ1n) is 4.86. The maximum atomic E-state index is 11.0. The quantitative estimate of drug-likeness (QED) is 0.822. The van der Waals surface area contributed by atoms with Crippen LogP contribution in [0.25, 0.3) is 11.1 Å². The number of amides is 1. The van der Waals surface area contributed by atoms with E-state index in [-0.39, 0.29) is 5.69 Å². The molecule has 0 spiro atoms. The number of pyridine rings is 2. The number of carbonyl (C=O) groups is 1. The number of primary amides is 1. The minimum absolute atomic E-state index is 0.265. The highest BCUT2D eigenvalue weighted by Crippen LogP contribution is 2.21. The summed E-state index contributed by atoms with van der Waals surface area (Å²) in [5.41, 5.74) is 8.23. The molecule has 0 aliphatic rings. The lowest BCUT2D eigenvalue weighted by atomic mass is 10.1. The van der Waals surface area contributed by atoms with Crippen molar-refractivity contribution in [1.29, 1.82) is 0 Å². The molecular weight excluding hydrogens is 202 g/mol. The van der Waals surface area contributed by atoms with Crippen LogP contribution in [-0.4, -0.2) is 15.9 Å². The zero-order valence-corrected chi connectivity index (χ0v) is 8.84. The van der Waals surface area contributed by atoms with Crippen LogP contribution < -0.4 is 5.73 Å². The molecular formula is C12H11N3O. The molecule has 1 amide bonds.